The molecule has 0 saturated carbocycles. The molecule has 1 fully saturated rings. The Morgan fingerprint density at radius 3 is 2.39 bits per heavy atom. The molecule has 0 radical (unpaired) electrons. The smallest absolute Gasteiger partial charge is 0.388 e. The maximum absolute atomic E-state index is 12.1. The number of aromatic nitrogens is 2. The summed E-state index contributed by atoms with van der Waals surface area (Å²) in [5.74, 6) is -1.07. The number of ether oxygens (including phenoxy) is 1. The van der Waals surface area contributed by atoms with Gasteiger partial charge in [-0.2, -0.15) is 13.2 Å². The molecule has 1 saturated heterocycles. The highest BCUT2D eigenvalue weighted by Crippen LogP contribution is 2.66. The molecule has 1 aromatic heterocycles. The second kappa shape index (κ2) is 9.02. The van der Waals surface area contributed by atoms with Crippen LogP contribution in [-0.4, -0.2) is 88.6 Å². The number of H-pyrrole nitrogens is 1. The lowest BCUT2D eigenvalue weighted by atomic mass is 9.95. The van der Waals surface area contributed by atoms with Crippen LogP contribution in [0.15, 0.2) is 4.79 Å². The summed E-state index contributed by atoms with van der Waals surface area (Å²) < 4.78 is 52.4. The van der Waals surface area contributed by atoms with Gasteiger partial charge >= 0.3 is 29.0 Å². The molecule has 1 aromatic rings. The van der Waals surface area contributed by atoms with Gasteiger partial charge in [0.25, 0.3) is 5.69 Å². The fourth-order valence-corrected chi connectivity index (χ4v) is 6.42. The van der Waals surface area contributed by atoms with Crippen molar-refractivity contribution in [2.24, 2.45) is 0 Å². The second-order valence-corrected chi connectivity index (χ2v) is 11.4. The lowest BCUT2D eigenvalue weighted by Gasteiger charge is -2.19. The van der Waals surface area contributed by atoms with E-state index in [2.05, 4.69) is 23.1 Å². The Balaban J connectivity index is 1.71. The molecule has 2 aliphatic rings. The van der Waals surface area contributed by atoms with Crippen molar-refractivity contribution in [3.63, 3.8) is 0 Å². The first kappa shape index (κ1) is 26.2. The van der Waals surface area contributed by atoms with E-state index in [4.69, 9.17) is 25.2 Å². The average molecular weight is 537 g/mol. The minimum atomic E-state index is -5.72. The number of hydrogen-bond acceptors (Lipinski definition) is 12. The summed E-state index contributed by atoms with van der Waals surface area (Å²) in [4.78, 5) is 54.2. The van der Waals surface area contributed by atoms with Crippen LogP contribution in [0.2, 0.25) is 0 Å². The molecule has 3 rings (SSSR count). The van der Waals surface area contributed by atoms with E-state index in [0.717, 1.165) is 0 Å². The van der Waals surface area contributed by atoms with Crippen LogP contribution in [0.1, 0.15) is 11.6 Å². The topological polar surface area (TPSA) is 284 Å². The molecule has 7 atom stereocenters. The zero-order chi connectivity index (χ0) is 24.9. The van der Waals surface area contributed by atoms with Gasteiger partial charge in [0.15, 0.2) is 6.21 Å². The van der Waals surface area contributed by atoms with Crippen molar-refractivity contribution >= 4 is 41.3 Å². The zero-order valence-corrected chi connectivity index (χ0v) is 19.1. The van der Waals surface area contributed by atoms with Crippen molar-refractivity contribution in [1.29, 1.82) is 0 Å². The molecule has 0 bridgehead atoms. The molecule has 3 heterocycles. The highest BCUT2D eigenvalue weighted by Gasteiger charge is 2.52. The normalized spacial score (nSPS) is 31.0. The molecular weight excluding hydrogens is 517 g/mol. The number of nitrogens with one attached hydrogen (secondary N) is 1. The maximum atomic E-state index is 12.1. The van der Waals surface area contributed by atoms with Gasteiger partial charge in [-0.05, 0) is 0 Å². The van der Waals surface area contributed by atoms with Crippen molar-refractivity contribution in [3.8, 4) is 0 Å². The first-order chi connectivity index (χ1) is 15.0. The fraction of sp³-hybridized carbons (Fsp3) is 0.583. The van der Waals surface area contributed by atoms with E-state index in [1.165, 1.54) is 17.8 Å². The molecule has 21 heteroatoms. The summed E-state index contributed by atoms with van der Waals surface area (Å²) in [6.45, 7) is -0.973. The Morgan fingerprint density at radius 2 is 1.79 bits per heavy atom. The van der Waals surface area contributed by atoms with Crippen LogP contribution >= 0.6 is 23.5 Å². The molecule has 0 spiro atoms. The molecule has 4 unspecified atom stereocenters. The summed E-state index contributed by atoms with van der Waals surface area (Å²) in [5.41, 5.74) is 5.27. The van der Waals surface area contributed by atoms with Gasteiger partial charge < -0.3 is 40.3 Å². The van der Waals surface area contributed by atoms with E-state index in [-0.39, 0.29) is 17.3 Å². The first-order valence-corrected chi connectivity index (χ1v) is 13.3. The predicted molar refractivity (Wildman–Crippen MR) is 104 cm³/mol. The number of aliphatic hydroxyl groups is 2. The van der Waals surface area contributed by atoms with Crippen LogP contribution in [0, 0.1) is 0 Å². The number of anilines is 1. The predicted octanol–water partition coefficient (Wildman–Crippen LogP) is -2.37. The number of hydrogen-bond donors (Lipinski definition) is 8. The van der Waals surface area contributed by atoms with Gasteiger partial charge in [0.2, 0.25) is 5.95 Å². The van der Waals surface area contributed by atoms with Crippen LogP contribution in [0.25, 0.3) is 0 Å². The first-order valence-electron chi connectivity index (χ1n) is 8.77. The molecular formula is C12H20N4O14P3+. The minimum absolute atomic E-state index is 0.121. The number of aliphatic hydroxyl groups excluding tert-OH is 2. The third-order valence-electron chi connectivity index (χ3n) is 4.56. The van der Waals surface area contributed by atoms with Gasteiger partial charge in [-0.3, -0.25) is 14.3 Å². The zero-order valence-electron chi connectivity index (χ0n) is 16.4. The third kappa shape index (κ3) is 6.01. The van der Waals surface area contributed by atoms with Gasteiger partial charge in [-0.25, -0.2) is 18.7 Å². The minimum Gasteiger partial charge on any atom is -0.388 e. The second-order valence-electron chi connectivity index (χ2n) is 6.98. The SMILES string of the molecule is C[N+]1=CC([C@@H]2O[C@H](COP(=O)(O)OP(=O)(O)OP(=O)(O)O)[C@H](O)C2O)c2nc(N)[nH]c(=O)c21. The number of fused-ring (bicyclic) bond motifs is 1. The maximum Gasteiger partial charge on any atom is 0.490 e. The lowest BCUT2D eigenvalue weighted by molar-refractivity contribution is -0.398. The van der Waals surface area contributed by atoms with E-state index in [1.807, 2.05) is 0 Å². The molecule has 0 aromatic carbocycles. The number of nitrogen functional groups attached to an aromatic ring is 1. The number of phosphoric ester groups is 1. The van der Waals surface area contributed by atoms with E-state index in [0.29, 0.717) is 0 Å². The van der Waals surface area contributed by atoms with Crippen LogP contribution in [0.5, 0.6) is 0 Å². The van der Waals surface area contributed by atoms with E-state index < -0.39 is 66.0 Å². The number of nitrogens with two attached hydrogens (primary N) is 1. The van der Waals surface area contributed by atoms with E-state index >= 15 is 0 Å². The molecule has 0 amide bonds. The van der Waals surface area contributed by atoms with Gasteiger partial charge in [-0.15, -0.1) is 0 Å². The largest absolute Gasteiger partial charge is 0.490 e. The Hall–Kier alpha value is -1.36. The molecule has 33 heavy (non-hydrogen) atoms. The average Bonchev–Trinajstić information content (AvgIpc) is 3.07. The molecule has 186 valence electrons. The van der Waals surface area contributed by atoms with E-state index in [1.54, 1.807) is 0 Å². The van der Waals surface area contributed by atoms with Crippen LogP contribution in [0.3, 0.4) is 0 Å². The highest BCUT2D eigenvalue weighted by atomic mass is 31.3. The number of phosphoric acid groups is 3. The highest BCUT2D eigenvalue weighted by molar-refractivity contribution is 7.66. The van der Waals surface area contributed by atoms with Crippen molar-refractivity contribution in [2.45, 2.75) is 30.3 Å². The summed E-state index contributed by atoms with van der Waals surface area (Å²) in [5, 5.41) is 20.7. The van der Waals surface area contributed by atoms with E-state index in [9.17, 15) is 33.6 Å². The Morgan fingerprint density at radius 1 is 1.15 bits per heavy atom. The standard InChI is InChI=1S/C12H19N4O14P3/c1-16-2-4(6-7(16)11(19)15-12(13)14-6)10-9(18)8(17)5(28-10)3-27-32(23,24)30-33(25,26)29-31(20,21)22/h2,4-5,8-10,17-18H,3H2,1H3,(H6-,13,14,15,19,20,21,22,23,24,25,26)/p+1/t4?,5-,8+,9?,10+/m1/s1. The van der Waals surface area contributed by atoms with Gasteiger partial charge in [0.05, 0.1) is 6.61 Å². The van der Waals surface area contributed by atoms with Gasteiger partial charge in [0, 0.05) is 0 Å². The van der Waals surface area contributed by atoms with Gasteiger partial charge in [0.1, 0.15) is 43.1 Å². The molecule has 9 N–H and O–H groups in total. The van der Waals surface area contributed by atoms with Crippen molar-refractivity contribution in [3.05, 3.63) is 16.0 Å². The summed E-state index contributed by atoms with van der Waals surface area (Å²) in [6, 6.07) is 0. The van der Waals surface area contributed by atoms with Crippen molar-refractivity contribution in [1.82, 2.24) is 9.97 Å². The number of aromatic amines is 1. The van der Waals surface area contributed by atoms with Crippen LogP contribution in [-0.2, 0) is 31.6 Å². The number of rotatable bonds is 8. The number of nitrogens with zero attached hydrogens (tertiary/aromatic N) is 2. The van der Waals surface area contributed by atoms with Crippen LogP contribution in [0.4, 0.5) is 11.6 Å². The van der Waals surface area contributed by atoms with Gasteiger partial charge in [-0.1, -0.05) is 0 Å². The summed E-state index contributed by atoms with van der Waals surface area (Å²) >= 11 is 0. The fourth-order valence-electron chi connectivity index (χ4n) is 3.39. The van der Waals surface area contributed by atoms with Crippen molar-refractivity contribution in [2.75, 3.05) is 19.4 Å². The summed E-state index contributed by atoms with van der Waals surface area (Å²) in [6.07, 6.45) is -4.51. The van der Waals surface area contributed by atoms with Crippen LogP contribution < -0.4 is 11.3 Å². The monoisotopic (exact) mass is 537 g/mol. The third-order valence-corrected chi connectivity index (χ3v) is 8.37. The Kier molecular flexibility index (Phi) is 7.17. The molecule has 0 aliphatic carbocycles. The van der Waals surface area contributed by atoms with Crippen molar-refractivity contribution < 1.29 is 65.9 Å². The summed E-state index contributed by atoms with van der Waals surface area (Å²) in [7, 11) is -15.2. The lowest BCUT2D eigenvalue weighted by Crippen LogP contribution is -2.36. The molecule has 2 aliphatic heterocycles. The molecule has 18 nitrogen and oxygen atoms in total. The quantitative estimate of drug-likeness (QED) is 0.127. The Labute approximate surface area is 183 Å². The Bertz CT molecular complexity index is 1160.